The minimum Gasteiger partial charge on any atom is -0.496 e. The normalized spacial score (nSPS) is 15.3. The van der Waals surface area contributed by atoms with Gasteiger partial charge >= 0.3 is 0 Å². The van der Waals surface area contributed by atoms with Crippen LogP contribution in [0.5, 0.6) is 5.75 Å². The number of rotatable bonds is 9. The Morgan fingerprint density at radius 2 is 1.61 bits per heavy atom. The summed E-state index contributed by atoms with van der Waals surface area (Å²) in [5, 5.41) is 12.2. The molecule has 3 aromatic carbocycles. The third-order valence-corrected chi connectivity index (χ3v) is 7.29. The van der Waals surface area contributed by atoms with Crippen LogP contribution in [0.4, 0.5) is 5.82 Å². The van der Waals surface area contributed by atoms with Crippen molar-refractivity contribution < 1.29 is 9.53 Å². The molecule has 0 aliphatic carbocycles. The highest BCUT2D eigenvalue weighted by Crippen LogP contribution is 2.30. The summed E-state index contributed by atoms with van der Waals surface area (Å²) >= 11 is 0. The van der Waals surface area contributed by atoms with Crippen molar-refractivity contribution in [2.75, 3.05) is 31.6 Å². The Labute approximate surface area is 224 Å². The van der Waals surface area contributed by atoms with Crippen LogP contribution in [0.15, 0.2) is 97.1 Å². The molecule has 4 aromatic rings. The van der Waals surface area contributed by atoms with Gasteiger partial charge in [-0.15, -0.1) is 10.2 Å². The van der Waals surface area contributed by atoms with Crippen LogP contribution in [0.1, 0.15) is 36.3 Å². The standard InChI is InChI=1S/C32H34N4O2/c1-38-30-17-9-8-16-28(30)29-18-19-31(35-34-29)36-22-10-15-26(23-36)32(37)33-21-20-27(24-11-4-2-5-12-24)25-13-6-3-7-14-25/h2-9,11-14,16-19,26-27H,10,15,20-23H2,1H3,(H,33,37). The molecule has 0 bridgehead atoms. The first-order valence-corrected chi connectivity index (χ1v) is 13.3. The summed E-state index contributed by atoms with van der Waals surface area (Å²) < 4.78 is 5.46. The van der Waals surface area contributed by atoms with Crippen molar-refractivity contribution in [3.05, 3.63) is 108 Å². The van der Waals surface area contributed by atoms with Crippen molar-refractivity contribution in [3.8, 4) is 17.0 Å². The highest BCUT2D eigenvalue weighted by molar-refractivity contribution is 5.79. The van der Waals surface area contributed by atoms with Gasteiger partial charge in [-0.2, -0.15) is 0 Å². The van der Waals surface area contributed by atoms with E-state index in [9.17, 15) is 4.79 Å². The fourth-order valence-corrected chi connectivity index (χ4v) is 5.27. The molecule has 1 N–H and O–H groups in total. The van der Waals surface area contributed by atoms with Gasteiger partial charge in [0.25, 0.3) is 0 Å². The van der Waals surface area contributed by atoms with Gasteiger partial charge in [-0.05, 0) is 54.7 Å². The minimum absolute atomic E-state index is 0.0636. The van der Waals surface area contributed by atoms with Gasteiger partial charge in [-0.25, -0.2) is 0 Å². The zero-order valence-electron chi connectivity index (χ0n) is 21.8. The predicted octanol–water partition coefficient (Wildman–Crippen LogP) is 5.71. The molecule has 1 saturated heterocycles. The number of amides is 1. The van der Waals surface area contributed by atoms with Crippen molar-refractivity contribution in [2.24, 2.45) is 5.92 Å². The number of anilines is 1. The second-order valence-electron chi connectivity index (χ2n) is 9.72. The first kappa shape index (κ1) is 25.5. The summed E-state index contributed by atoms with van der Waals surface area (Å²) in [6, 6.07) is 32.8. The molecule has 1 aliphatic heterocycles. The number of carbonyl (C=O) groups is 1. The molecule has 0 radical (unpaired) electrons. The Balaban J connectivity index is 1.19. The van der Waals surface area contributed by atoms with E-state index in [0.29, 0.717) is 13.1 Å². The van der Waals surface area contributed by atoms with Crippen LogP contribution < -0.4 is 15.0 Å². The van der Waals surface area contributed by atoms with Gasteiger partial charge in [0.15, 0.2) is 5.82 Å². The number of piperidine rings is 1. The molecule has 1 atom stereocenters. The number of para-hydroxylation sites is 1. The van der Waals surface area contributed by atoms with E-state index in [-0.39, 0.29) is 17.7 Å². The number of aromatic nitrogens is 2. The molecule has 1 fully saturated rings. The summed E-state index contributed by atoms with van der Waals surface area (Å²) in [6.45, 7) is 2.16. The molecule has 1 amide bonds. The van der Waals surface area contributed by atoms with Crippen molar-refractivity contribution in [2.45, 2.75) is 25.2 Å². The number of nitrogens with one attached hydrogen (secondary N) is 1. The summed E-state index contributed by atoms with van der Waals surface area (Å²) in [7, 11) is 1.66. The van der Waals surface area contributed by atoms with Gasteiger partial charge in [0.1, 0.15) is 5.75 Å². The number of nitrogens with zero attached hydrogens (tertiary/aromatic N) is 3. The number of hydrogen-bond acceptors (Lipinski definition) is 5. The van der Waals surface area contributed by atoms with E-state index in [2.05, 4.69) is 68.9 Å². The average molecular weight is 507 g/mol. The molecule has 0 saturated carbocycles. The van der Waals surface area contributed by atoms with Crippen molar-refractivity contribution in [1.82, 2.24) is 15.5 Å². The number of carbonyl (C=O) groups excluding carboxylic acids is 1. The maximum absolute atomic E-state index is 13.2. The lowest BCUT2D eigenvalue weighted by Gasteiger charge is -2.32. The van der Waals surface area contributed by atoms with E-state index in [4.69, 9.17) is 4.74 Å². The van der Waals surface area contributed by atoms with Crippen LogP contribution in [-0.2, 0) is 4.79 Å². The van der Waals surface area contributed by atoms with E-state index >= 15 is 0 Å². The van der Waals surface area contributed by atoms with E-state index in [0.717, 1.165) is 48.6 Å². The summed E-state index contributed by atoms with van der Waals surface area (Å²) in [6.07, 6.45) is 2.69. The SMILES string of the molecule is COc1ccccc1-c1ccc(N2CCCC(C(=O)NCCC(c3ccccc3)c3ccccc3)C2)nn1. The molecule has 38 heavy (non-hydrogen) atoms. The molecule has 1 aliphatic rings. The zero-order valence-corrected chi connectivity index (χ0v) is 21.8. The highest BCUT2D eigenvalue weighted by atomic mass is 16.5. The second-order valence-corrected chi connectivity index (χ2v) is 9.72. The lowest BCUT2D eigenvalue weighted by atomic mass is 9.88. The Morgan fingerprint density at radius 3 is 2.26 bits per heavy atom. The highest BCUT2D eigenvalue weighted by Gasteiger charge is 2.27. The van der Waals surface area contributed by atoms with E-state index < -0.39 is 0 Å². The maximum atomic E-state index is 13.2. The second kappa shape index (κ2) is 12.4. The molecule has 6 heteroatoms. The first-order valence-electron chi connectivity index (χ1n) is 13.3. The van der Waals surface area contributed by atoms with Gasteiger partial charge in [0.2, 0.25) is 5.91 Å². The topological polar surface area (TPSA) is 67.3 Å². The number of hydrogen-bond donors (Lipinski definition) is 1. The molecule has 1 unspecified atom stereocenters. The molecule has 194 valence electrons. The van der Waals surface area contributed by atoms with E-state index in [1.807, 2.05) is 48.5 Å². The van der Waals surface area contributed by atoms with Gasteiger partial charge < -0.3 is 15.0 Å². The molecule has 0 spiro atoms. The monoisotopic (exact) mass is 506 g/mol. The molecule has 6 nitrogen and oxygen atoms in total. The number of ether oxygens (including phenoxy) is 1. The quantitative estimate of drug-likeness (QED) is 0.315. The third-order valence-electron chi connectivity index (χ3n) is 7.29. The summed E-state index contributed by atoms with van der Waals surface area (Å²) in [5.41, 5.74) is 4.22. The first-order chi connectivity index (χ1) is 18.7. The van der Waals surface area contributed by atoms with Gasteiger partial charge in [-0.3, -0.25) is 4.79 Å². The Bertz CT molecular complexity index is 1270. The molecular formula is C32H34N4O2. The fraction of sp³-hybridized carbons (Fsp3) is 0.281. The predicted molar refractivity (Wildman–Crippen MR) is 151 cm³/mol. The van der Waals surface area contributed by atoms with Crippen LogP contribution in [-0.4, -0.2) is 42.8 Å². The van der Waals surface area contributed by atoms with Crippen LogP contribution in [0.25, 0.3) is 11.3 Å². The van der Waals surface area contributed by atoms with Crippen LogP contribution in [0, 0.1) is 5.92 Å². The number of methoxy groups -OCH3 is 1. The van der Waals surface area contributed by atoms with Crippen molar-refractivity contribution in [1.29, 1.82) is 0 Å². The average Bonchev–Trinajstić information content (AvgIpc) is 3.00. The summed E-state index contributed by atoms with van der Waals surface area (Å²) in [5.74, 6) is 1.87. The Hall–Kier alpha value is -4.19. The lowest BCUT2D eigenvalue weighted by Crippen LogP contribution is -2.43. The summed E-state index contributed by atoms with van der Waals surface area (Å²) in [4.78, 5) is 15.3. The molecule has 1 aromatic heterocycles. The molecule has 2 heterocycles. The van der Waals surface area contributed by atoms with Crippen molar-refractivity contribution >= 4 is 11.7 Å². The smallest absolute Gasteiger partial charge is 0.224 e. The van der Waals surface area contributed by atoms with Gasteiger partial charge in [-0.1, -0.05) is 72.8 Å². The van der Waals surface area contributed by atoms with Gasteiger partial charge in [0, 0.05) is 31.1 Å². The third kappa shape index (κ3) is 6.02. The lowest BCUT2D eigenvalue weighted by molar-refractivity contribution is -0.125. The molecular weight excluding hydrogens is 472 g/mol. The van der Waals surface area contributed by atoms with Gasteiger partial charge in [0.05, 0.1) is 18.7 Å². The van der Waals surface area contributed by atoms with Crippen LogP contribution >= 0.6 is 0 Å². The van der Waals surface area contributed by atoms with Crippen molar-refractivity contribution in [3.63, 3.8) is 0 Å². The van der Waals surface area contributed by atoms with E-state index in [1.165, 1.54) is 11.1 Å². The zero-order chi connectivity index (χ0) is 26.2. The van der Waals surface area contributed by atoms with Crippen LogP contribution in [0.3, 0.4) is 0 Å². The largest absolute Gasteiger partial charge is 0.496 e. The Morgan fingerprint density at radius 1 is 0.921 bits per heavy atom. The maximum Gasteiger partial charge on any atom is 0.224 e. The number of benzene rings is 3. The van der Waals surface area contributed by atoms with Crippen LogP contribution in [0.2, 0.25) is 0 Å². The molecule has 5 rings (SSSR count). The minimum atomic E-state index is -0.0636. The van der Waals surface area contributed by atoms with E-state index in [1.54, 1.807) is 7.11 Å². The fourth-order valence-electron chi connectivity index (χ4n) is 5.27. The Kier molecular flexibility index (Phi) is 8.29.